The van der Waals surface area contributed by atoms with E-state index in [1.54, 1.807) is 0 Å². The molecule has 1 aromatic carbocycles. The lowest BCUT2D eigenvalue weighted by atomic mass is 10.1. The summed E-state index contributed by atoms with van der Waals surface area (Å²) in [5, 5.41) is 12.1. The van der Waals surface area contributed by atoms with E-state index in [1.165, 1.54) is 0 Å². The highest BCUT2D eigenvalue weighted by molar-refractivity contribution is 5.37. The Hall–Kier alpha value is -1.59. The minimum absolute atomic E-state index is 0.719. The van der Waals surface area contributed by atoms with Crippen LogP contribution in [0.5, 0.6) is 0 Å². The molecule has 1 aromatic rings. The highest BCUT2D eigenvalue weighted by Gasteiger charge is 1.98. The van der Waals surface area contributed by atoms with Crippen LogP contribution in [0.3, 0.4) is 0 Å². The van der Waals surface area contributed by atoms with Crippen molar-refractivity contribution in [2.45, 2.75) is 13.5 Å². The zero-order chi connectivity index (χ0) is 10.4. The Balaban J connectivity index is 2.59. The van der Waals surface area contributed by atoms with Gasteiger partial charge in [-0.2, -0.15) is 5.26 Å². The van der Waals surface area contributed by atoms with Crippen LogP contribution in [0.4, 0.5) is 0 Å². The maximum Gasteiger partial charge on any atom is 0.0995 e. The average Bonchev–Trinajstić information content (AvgIpc) is 2.18. The van der Waals surface area contributed by atoms with Gasteiger partial charge in [0.15, 0.2) is 0 Å². The van der Waals surface area contributed by atoms with Gasteiger partial charge in [0, 0.05) is 13.1 Å². The lowest BCUT2D eigenvalue weighted by molar-refractivity contribution is 0.739. The summed E-state index contributed by atoms with van der Waals surface area (Å²) in [6.07, 6.45) is 0. The largest absolute Gasteiger partial charge is 0.309 e. The second-order valence-corrected chi connectivity index (χ2v) is 3.33. The predicted octanol–water partition coefficient (Wildman–Crippen LogP) is 2.22. The molecule has 2 heteroatoms. The molecule has 1 N–H and O–H groups in total. The van der Waals surface area contributed by atoms with Crippen molar-refractivity contribution in [3.05, 3.63) is 47.5 Å². The predicted molar refractivity (Wildman–Crippen MR) is 57.7 cm³/mol. The summed E-state index contributed by atoms with van der Waals surface area (Å²) in [5.41, 5.74) is 2.87. The van der Waals surface area contributed by atoms with Gasteiger partial charge >= 0.3 is 0 Å². The molecule has 2 nitrogen and oxygen atoms in total. The van der Waals surface area contributed by atoms with Crippen LogP contribution in [-0.2, 0) is 6.54 Å². The summed E-state index contributed by atoms with van der Waals surface area (Å²) >= 11 is 0. The minimum atomic E-state index is 0.719. The lowest BCUT2D eigenvalue weighted by Gasteiger charge is -2.05. The van der Waals surface area contributed by atoms with E-state index in [1.807, 2.05) is 31.2 Å². The van der Waals surface area contributed by atoms with Crippen LogP contribution in [0.25, 0.3) is 0 Å². The molecule has 0 aliphatic rings. The van der Waals surface area contributed by atoms with E-state index in [4.69, 9.17) is 5.26 Å². The van der Waals surface area contributed by atoms with Crippen LogP contribution in [-0.4, -0.2) is 6.54 Å². The van der Waals surface area contributed by atoms with Crippen molar-refractivity contribution in [3.63, 3.8) is 0 Å². The van der Waals surface area contributed by atoms with Crippen molar-refractivity contribution >= 4 is 0 Å². The third-order valence-electron chi connectivity index (χ3n) is 1.88. The molecule has 72 valence electrons. The third-order valence-corrected chi connectivity index (χ3v) is 1.88. The van der Waals surface area contributed by atoms with Crippen molar-refractivity contribution < 1.29 is 0 Å². The van der Waals surface area contributed by atoms with Gasteiger partial charge in [-0.3, -0.25) is 0 Å². The van der Waals surface area contributed by atoms with Crippen molar-refractivity contribution in [3.8, 4) is 6.07 Å². The summed E-state index contributed by atoms with van der Waals surface area (Å²) in [4.78, 5) is 0. The molecule has 0 saturated heterocycles. The highest BCUT2D eigenvalue weighted by Crippen LogP contribution is 2.06. The first-order valence-electron chi connectivity index (χ1n) is 4.57. The Kier molecular flexibility index (Phi) is 3.90. The zero-order valence-electron chi connectivity index (χ0n) is 8.38. The second kappa shape index (κ2) is 5.21. The monoisotopic (exact) mass is 186 g/mol. The normalized spacial score (nSPS) is 9.43. The van der Waals surface area contributed by atoms with Crippen LogP contribution in [0.15, 0.2) is 36.4 Å². The van der Waals surface area contributed by atoms with Gasteiger partial charge in [0.2, 0.25) is 0 Å². The molecule has 0 fully saturated rings. The average molecular weight is 186 g/mol. The molecular formula is C12H14N2. The molecule has 14 heavy (non-hydrogen) atoms. The second-order valence-electron chi connectivity index (χ2n) is 3.33. The molecule has 0 radical (unpaired) electrons. The Morgan fingerprint density at radius 2 is 2.21 bits per heavy atom. The van der Waals surface area contributed by atoms with Crippen LogP contribution in [0, 0.1) is 11.3 Å². The van der Waals surface area contributed by atoms with Gasteiger partial charge in [-0.1, -0.05) is 30.4 Å². The van der Waals surface area contributed by atoms with Crippen LogP contribution in [0.1, 0.15) is 18.1 Å². The first kappa shape index (κ1) is 10.5. The third kappa shape index (κ3) is 3.04. The molecule has 0 amide bonds. The standard InChI is InChI=1S/C12H14N2/c1-10(2)8-14-9-12-6-4-3-5-11(12)7-13/h3-6,14H,1,8-9H2,2H3. The van der Waals surface area contributed by atoms with Crippen molar-refractivity contribution in [1.82, 2.24) is 5.32 Å². The maximum atomic E-state index is 8.83. The van der Waals surface area contributed by atoms with Crippen molar-refractivity contribution in [2.75, 3.05) is 6.54 Å². The van der Waals surface area contributed by atoms with E-state index in [0.717, 1.165) is 29.8 Å². The SMILES string of the molecule is C=C(C)CNCc1ccccc1C#N. The van der Waals surface area contributed by atoms with Gasteiger partial charge in [-0.25, -0.2) is 0 Å². The number of nitrogens with one attached hydrogen (secondary N) is 1. The summed E-state index contributed by atoms with van der Waals surface area (Å²) in [6.45, 7) is 7.29. The number of rotatable bonds is 4. The minimum Gasteiger partial charge on any atom is -0.309 e. The number of nitriles is 1. The van der Waals surface area contributed by atoms with Gasteiger partial charge in [0.1, 0.15) is 0 Å². The highest BCUT2D eigenvalue weighted by atomic mass is 14.8. The van der Waals surface area contributed by atoms with E-state index >= 15 is 0 Å². The van der Waals surface area contributed by atoms with Crippen molar-refractivity contribution in [1.29, 1.82) is 5.26 Å². The number of nitrogens with zero attached hydrogens (tertiary/aromatic N) is 1. The first-order chi connectivity index (χ1) is 6.74. The van der Waals surface area contributed by atoms with E-state index in [-0.39, 0.29) is 0 Å². The Morgan fingerprint density at radius 1 is 1.50 bits per heavy atom. The fraction of sp³-hybridized carbons (Fsp3) is 0.250. The van der Waals surface area contributed by atoms with E-state index < -0.39 is 0 Å². The molecule has 0 aliphatic heterocycles. The van der Waals surface area contributed by atoms with Crippen LogP contribution >= 0.6 is 0 Å². The number of hydrogen-bond donors (Lipinski definition) is 1. The molecule has 0 aliphatic carbocycles. The summed E-state index contributed by atoms with van der Waals surface area (Å²) in [7, 11) is 0. The molecule has 0 heterocycles. The van der Waals surface area contributed by atoms with Crippen LogP contribution < -0.4 is 5.32 Å². The van der Waals surface area contributed by atoms with E-state index in [9.17, 15) is 0 Å². The Morgan fingerprint density at radius 3 is 2.86 bits per heavy atom. The lowest BCUT2D eigenvalue weighted by Crippen LogP contribution is -2.15. The Labute approximate surface area is 84.9 Å². The van der Waals surface area contributed by atoms with Gasteiger partial charge in [-0.15, -0.1) is 0 Å². The molecule has 0 saturated carbocycles. The molecule has 1 rings (SSSR count). The summed E-state index contributed by atoms with van der Waals surface area (Å²) < 4.78 is 0. The van der Waals surface area contributed by atoms with Crippen molar-refractivity contribution in [2.24, 2.45) is 0 Å². The van der Waals surface area contributed by atoms with Gasteiger partial charge in [0.25, 0.3) is 0 Å². The first-order valence-corrected chi connectivity index (χ1v) is 4.57. The fourth-order valence-electron chi connectivity index (χ4n) is 1.19. The summed E-state index contributed by atoms with van der Waals surface area (Å²) in [6, 6.07) is 9.78. The van der Waals surface area contributed by atoms with E-state index in [0.29, 0.717) is 0 Å². The van der Waals surface area contributed by atoms with Gasteiger partial charge < -0.3 is 5.32 Å². The topological polar surface area (TPSA) is 35.8 Å². The molecule has 0 unspecified atom stereocenters. The maximum absolute atomic E-state index is 8.83. The van der Waals surface area contributed by atoms with Crippen LogP contribution in [0.2, 0.25) is 0 Å². The van der Waals surface area contributed by atoms with E-state index in [2.05, 4.69) is 18.0 Å². The Bertz CT molecular complexity index is 361. The molecule has 0 bridgehead atoms. The summed E-state index contributed by atoms with van der Waals surface area (Å²) in [5.74, 6) is 0. The van der Waals surface area contributed by atoms with Gasteiger partial charge in [-0.05, 0) is 18.6 Å². The smallest absolute Gasteiger partial charge is 0.0995 e. The molecule has 0 aromatic heterocycles. The molecule has 0 atom stereocenters. The molecule has 0 spiro atoms. The quantitative estimate of drug-likeness (QED) is 0.732. The fourth-order valence-corrected chi connectivity index (χ4v) is 1.19. The number of benzene rings is 1. The molecular weight excluding hydrogens is 172 g/mol. The zero-order valence-corrected chi connectivity index (χ0v) is 8.38. The van der Waals surface area contributed by atoms with Gasteiger partial charge in [0.05, 0.1) is 11.6 Å². The number of hydrogen-bond acceptors (Lipinski definition) is 2.